The molecule has 0 aliphatic heterocycles. The fourth-order valence-corrected chi connectivity index (χ4v) is 3.70. The molecule has 6 heteroatoms. The van der Waals surface area contributed by atoms with Crippen LogP contribution in [0.15, 0.2) is 84.9 Å². The summed E-state index contributed by atoms with van der Waals surface area (Å²) < 4.78 is 5.25. The van der Waals surface area contributed by atoms with Gasteiger partial charge in [-0.15, -0.1) is 0 Å². The highest BCUT2D eigenvalue weighted by molar-refractivity contribution is 6.06. The van der Waals surface area contributed by atoms with Crippen LogP contribution in [0.5, 0.6) is 0 Å². The summed E-state index contributed by atoms with van der Waals surface area (Å²) in [6.07, 6.45) is 2.48. The van der Waals surface area contributed by atoms with Gasteiger partial charge in [0.15, 0.2) is 0 Å². The Morgan fingerprint density at radius 1 is 0.800 bits per heavy atom. The number of rotatable bonds is 12. The lowest BCUT2D eigenvalue weighted by Crippen LogP contribution is -2.30. The number of hydrogen-bond donors (Lipinski definition) is 1. The number of anilines is 2. The van der Waals surface area contributed by atoms with Crippen molar-refractivity contribution in [2.45, 2.75) is 39.0 Å². The second-order valence-electron chi connectivity index (χ2n) is 8.17. The van der Waals surface area contributed by atoms with Gasteiger partial charge < -0.3 is 15.0 Å². The number of esters is 1. The lowest BCUT2D eigenvalue weighted by Gasteiger charge is -2.21. The van der Waals surface area contributed by atoms with Crippen LogP contribution in [0.1, 0.15) is 48.5 Å². The third-order valence-electron chi connectivity index (χ3n) is 5.55. The van der Waals surface area contributed by atoms with Crippen LogP contribution in [0.3, 0.4) is 0 Å². The second kappa shape index (κ2) is 13.7. The van der Waals surface area contributed by atoms with Crippen molar-refractivity contribution < 1.29 is 19.1 Å². The molecule has 2 amide bonds. The monoisotopic (exact) mass is 472 g/mol. The van der Waals surface area contributed by atoms with E-state index in [-0.39, 0.29) is 30.6 Å². The van der Waals surface area contributed by atoms with Crippen molar-refractivity contribution in [1.29, 1.82) is 0 Å². The minimum absolute atomic E-state index is 0.0983. The normalized spacial score (nSPS) is 10.4. The number of carbonyl (C=O) groups excluding carboxylic acids is 3. The van der Waals surface area contributed by atoms with Gasteiger partial charge in [0.1, 0.15) is 0 Å². The number of aryl methyl sites for hydroxylation is 1. The predicted molar refractivity (Wildman–Crippen MR) is 138 cm³/mol. The molecule has 0 spiro atoms. The van der Waals surface area contributed by atoms with Crippen LogP contribution in [-0.2, 0) is 20.7 Å². The van der Waals surface area contributed by atoms with Crippen molar-refractivity contribution in [2.24, 2.45) is 0 Å². The van der Waals surface area contributed by atoms with E-state index in [4.69, 9.17) is 4.74 Å². The number of nitrogens with one attached hydrogen (secondary N) is 1. The highest BCUT2D eigenvalue weighted by atomic mass is 16.5. The molecular formula is C29H32N2O4. The van der Waals surface area contributed by atoms with Crippen molar-refractivity contribution in [3.63, 3.8) is 0 Å². The van der Waals surface area contributed by atoms with Crippen LogP contribution in [0.2, 0.25) is 0 Å². The van der Waals surface area contributed by atoms with Gasteiger partial charge in [-0.2, -0.15) is 0 Å². The van der Waals surface area contributed by atoms with Gasteiger partial charge in [0.25, 0.3) is 5.91 Å². The lowest BCUT2D eigenvalue weighted by atomic mass is 10.1. The highest BCUT2D eigenvalue weighted by Gasteiger charge is 2.16. The summed E-state index contributed by atoms with van der Waals surface area (Å²) in [5.41, 5.74) is 3.21. The molecule has 35 heavy (non-hydrogen) atoms. The molecule has 6 nitrogen and oxygen atoms in total. The fraction of sp³-hybridized carbons (Fsp3) is 0.276. The summed E-state index contributed by atoms with van der Waals surface area (Å²) in [6.45, 7) is 2.86. The molecule has 0 aliphatic carbocycles. The first kappa shape index (κ1) is 25.7. The SMILES string of the molecule is CCN(C(=O)c1ccc(NC(=O)CCCC(=O)OCCCc2ccccc2)cc1)c1ccccc1. The molecular weight excluding hydrogens is 440 g/mol. The smallest absolute Gasteiger partial charge is 0.305 e. The van der Waals surface area contributed by atoms with Crippen molar-refractivity contribution in [3.8, 4) is 0 Å². The Bertz CT molecular complexity index is 1080. The summed E-state index contributed by atoms with van der Waals surface area (Å²) in [7, 11) is 0. The molecule has 0 radical (unpaired) electrons. The van der Waals surface area contributed by atoms with Crippen LogP contribution in [0.25, 0.3) is 0 Å². The first-order chi connectivity index (χ1) is 17.1. The van der Waals surface area contributed by atoms with Gasteiger partial charge in [0, 0.05) is 36.3 Å². The minimum Gasteiger partial charge on any atom is -0.466 e. The maximum absolute atomic E-state index is 12.9. The molecule has 0 atom stereocenters. The summed E-state index contributed by atoms with van der Waals surface area (Å²) >= 11 is 0. The molecule has 0 saturated heterocycles. The third kappa shape index (κ3) is 8.41. The van der Waals surface area contributed by atoms with Crippen LogP contribution < -0.4 is 10.2 Å². The number of carbonyl (C=O) groups is 3. The zero-order valence-electron chi connectivity index (χ0n) is 20.1. The van der Waals surface area contributed by atoms with E-state index in [0.717, 1.165) is 18.5 Å². The van der Waals surface area contributed by atoms with Gasteiger partial charge in [-0.3, -0.25) is 14.4 Å². The average Bonchev–Trinajstić information content (AvgIpc) is 2.89. The molecule has 0 fully saturated rings. The number of nitrogens with zero attached hydrogens (tertiary/aromatic N) is 1. The summed E-state index contributed by atoms with van der Waals surface area (Å²) in [4.78, 5) is 38.7. The molecule has 0 saturated carbocycles. The van der Waals surface area contributed by atoms with E-state index >= 15 is 0 Å². The summed E-state index contributed by atoms with van der Waals surface area (Å²) in [5.74, 6) is -0.563. The topological polar surface area (TPSA) is 75.7 Å². The predicted octanol–water partition coefficient (Wildman–Crippen LogP) is 5.64. The third-order valence-corrected chi connectivity index (χ3v) is 5.55. The Morgan fingerprint density at radius 2 is 1.46 bits per heavy atom. The molecule has 3 aromatic rings. The highest BCUT2D eigenvalue weighted by Crippen LogP contribution is 2.18. The molecule has 3 rings (SSSR count). The molecule has 182 valence electrons. The van der Waals surface area contributed by atoms with E-state index < -0.39 is 0 Å². The maximum Gasteiger partial charge on any atom is 0.305 e. The number of ether oxygens (including phenoxy) is 1. The van der Waals surface area contributed by atoms with Crippen LogP contribution in [0.4, 0.5) is 11.4 Å². The van der Waals surface area contributed by atoms with Crippen molar-refractivity contribution >= 4 is 29.2 Å². The Balaban J connectivity index is 1.36. The molecule has 1 N–H and O–H groups in total. The van der Waals surface area contributed by atoms with Gasteiger partial charge in [-0.1, -0.05) is 48.5 Å². The number of amides is 2. The molecule has 0 heterocycles. The van der Waals surface area contributed by atoms with E-state index in [0.29, 0.717) is 30.8 Å². The van der Waals surface area contributed by atoms with Gasteiger partial charge >= 0.3 is 5.97 Å². The van der Waals surface area contributed by atoms with Gasteiger partial charge in [0.2, 0.25) is 5.91 Å². The zero-order valence-corrected chi connectivity index (χ0v) is 20.1. The Kier molecular flexibility index (Phi) is 10.1. The standard InChI is InChI=1S/C29H32N2O4/c1-2-31(26-14-7-4-8-15-26)29(34)24-18-20-25(21-19-24)30-27(32)16-9-17-28(33)35-22-10-13-23-11-5-3-6-12-23/h3-8,11-12,14-15,18-21H,2,9-10,13,16-17,22H2,1H3,(H,30,32). The van der Waals surface area contributed by atoms with E-state index in [1.165, 1.54) is 5.56 Å². The average molecular weight is 473 g/mol. The largest absolute Gasteiger partial charge is 0.466 e. The molecule has 0 unspecified atom stereocenters. The lowest BCUT2D eigenvalue weighted by molar-refractivity contribution is -0.143. The second-order valence-corrected chi connectivity index (χ2v) is 8.17. The molecule has 3 aromatic carbocycles. The quantitative estimate of drug-likeness (QED) is 0.273. The maximum atomic E-state index is 12.9. The summed E-state index contributed by atoms with van der Waals surface area (Å²) in [5, 5.41) is 2.81. The Labute approximate surface area is 206 Å². The molecule has 0 aromatic heterocycles. The summed E-state index contributed by atoms with van der Waals surface area (Å²) in [6, 6.07) is 26.4. The first-order valence-corrected chi connectivity index (χ1v) is 12.0. The first-order valence-electron chi connectivity index (χ1n) is 12.0. The Morgan fingerprint density at radius 3 is 2.11 bits per heavy atom. The van der Waals surface area contributed by atoms with Crippen LogP contribution >= 0.6 is 0 Å². The number of hydrogen-bond acceptors (Lipinski definition) is 4. The van der Waals surface area contributed by atoms with E-state index in [1.54, 1.807) is 29.2 Å². The van der Waals surface area contributed by atoms with Crippen molar-refractivity contribution in [2.75, 3.05) is 23.4 Å². The number of para-hydroxylation sites is 1. The van der Waals surface area contributed by atoms with Crippen molar-refractivity contribution in [3.05, 3.63) is 96.1 Å². The van der Waals surface area contributed by atoms with Gasteiger partial charge in [0.05, 0.1) is 6.61 Å². The van der Waals surface area contributed by atoms with E-state index in [2.05, 4.69) is 17.4 Å². The van der Waals surface area contributed by atoms with E-state index in [1.807, 2.05) is 55.5 Å². The van der Waals surface area contributed by atoms with E-state index in [9.17, 15) is 14.4 Å². The molecule has 0 bridgehead atoms. The van der Waals surface area contributed by atoms with Crippen LogP contribution in [0, 0.1) is 0 Å². The Hall–Kier alpha value is -3.93. The number of benzene rings is 3. The zero-order chi connectivity index (χ0) is 24.9. The van der Waals surface area contributed by atoms with Crippen molar-refractivity contribution in [1.82, 2.24) is 0 Å². The fourth-order valence-electron chi connectivity index (χ4n) is 3.70. The minimum atomic E-state index is -0.285. The van der Waals surface area contributed by atoms with Gasteiger partial charge in [-0.25, -0.2) is 0 Å². The molecule has 0 aliphatic rings. The van der Waals surface area contributed by atoms with Gasteiger partial charge in [-0.05, 0) is 68.1 Å². The van der Waals surface area contributed by atoms with Crippen LogP contribution in [-0.4, -0.2) is 30.9 Å².